The lowest BCUT2D eigenvalue weighted by Gasteiger charge is -2.15. The van der Waals surface area contributed by atoms with Gasteiger partial charge in [0, 0.05) is 11.1 Å². The van der Waals surface area contributed by atoms with E-state index in [1.807, 2.05) is 60.7 Å². The summed E-state index contributed by atoms with van der Waals surface area (Å²) in [5.41, 5.74) is 0.751. The summed E-state index contributed by atoms with van der Waals surface area (Å²) in [4.78, 5) is 25.3. The first kappa shape index (κ1) is 16.0. The molecular formula is C22H16N2O2. The predicted molar refractivity (Wildman–Crippen MR) is 103 cm³/mol. The maximum absolute atomic E-state index is 12.6. The summed E-state index contributed by atoms with van der Waals surface area (Å²) in [5, 5.41) is 4.56. The van der Waals surface area contributed by atoms with E-state index >= 15 is 0 Å². The number of nitrogens with two attached hydrogens (primary N) is 1. The van der Waals surface area contributed by atoms with Gasteiger partial charge in [-0.25, -0.2) is 10.9 Å². The molecule has 126 valence electrons. The summed E-state index contributed by atoms with van der Waals surface area (Å²) >= 11 is 0. The molecule has 0 unspecified atom stereocenters. The van der Waals surface area contributed by atoms with E-state index in [1.54, 1.807) is 24.3 Å². The molecule has 0 radical (unpaired) electrons. The molecule has 4 nitrogen and oxygen atoms in total. The summed E-state index contributed by atoms with van der Waals surface area (Å²) in [6.07, 6.45) is 0. The average Bonchev–Trinajstić information content (AvgIpc) is 2.71. The molecule has 0 aliphatic heterocycles. The lowest BCUT2D eigenvalue weighted by Crippen LogP contribution is -2.42. The van der Waals surface area contributed by atoms with Crippen LogP contribution in [0.2, 0.25) is 0 Å². The van der Waals surface area contributed by atoms with Crippen LogP contribution in [0.1, 0.15) is 20.7 Å². The lowest BCUT2D eigenvalue weighted by atomic mass is 10.1. The Morgan fingerprint density at radius 2 is 0.962 bits per heavy atom. The quantitative estimate of drug-likeness (QED) is 0.258. The minimum atomic E-state index is -0.533. The van der Waals surface area contributed by atoms with Crippen LogP contribution in [-0.2, 0) is 0 Å². The van der Waals surface area contributed by atoms with E-state index in [2.05, 4.69) is 0 Å². The van der Waals surface area contributed by atoms with Crippen LogP contribution in [0, 0.1) is 0 Å². The minimum absolute atomic E-state index is 0.375. The second kappa shape index (κ2) is 6.43. The van der Waals surface area contributed by atoms with Gasteiger partial charge in [-0.1, -0.05) is 60.7 Å². The van der Waals surface area contributed by atoms with E-state index in [0.29, 0.717) is 16.1 Å². The summed E-state index contributed by atoms with van der Waals surface area (Å²) < 4.78 is 0. The smallest absolute Gasteiger partial charge is 0.267 e. The summed E-state index contributed by atoms with van der Waals surface area (Å²) in [6.45, 7) is 0. The van der Waals surface area contributed by atoms with Crippen LogP contribution >= 0.6 is 0 Å². The van der Waals surface area contributed by atoms with Crippen molar-refractivity contribution in [3.05, 3.63) is 96.1 Å². The molecular weight excluding hydrogens is 324 g/mol. The molecule has 2 amide bonds. The second-order valence-electron chi connectivity index (χ2n) is 6.10. The molecule has 0 aromatic heterocycles. The SMILES string of the molecule is NN(C(=O)c1ccc2ccccc2c1)C(=O)c1ccc2ccccc2c1. The highest BCUT2D eigenvalue weighted by atomic mass is 16.2. The Labute approximate surface area is 150 Å². The van der Waals surface area contributed by atoms with Crippen molar-refractivity contribution in [3.63, 3.8) is 0 Å². The van der Waals surface area contributed by atoms with Crippen molar-refractivity contribution in [2.45, 2.75) is 0 Å². The number of nitrogens with zero attached hydrogens (tertiary/aromatic N) is 1. The highest BCUT2D eigenvalue weighted by Gasteiger charge is 2.21. The molecule has 4 rings (SSSR count). The predicted octanol–water partition coefficient (Wildman–Crippen LogP) is 4.15. The third-order valence-electron chi connectivity index (χ3n) is 4.43. The highest BCUT2D eigenvalue weighted by Crippen LogP contribution is 2.19. The average molecular weight is 340 g/mol. The van der Waals surface area contributed by atoms with Gasteiger partial charge in [0.2, 0.25) is 0 Å². The molecule has 0 saturated heterocycles. The van der Waals surface area contributed by atoms with Crippen molar-refractivity contribution in [1.82, 2.24) is 5.01 Å². The van der Waals surface area contributed by atoms with E-state index in [4.69, 9.17) is 5.84 Å². The van der Waals surface area contributed by atoms with Gasteiger partial charge in [-0.15, -0.1) is 0 Å². The first-order valence-corrected chi connectivity index (χ1v) is 8.24. The fourth-order valence-corrected chi connectivity index (χ4v) is 3.02. The van der Waals surface area contributed by atoms with Crippen LogP contribution in [0.25, 0.3) is 21.5 Å². The van der Waals surface area contributed by atoms with Gasteiger partial charge in [-0.2, -0.15) is 0 Å². The topological polar surface area (TPSA) is 63.4 Å². The van der Waals surface area contributed by atoms with E-state index in [1.165, 1.54) is 0 Å². The Hall–Kier alpha value is -3.50. The normalized spacial score (nSPS) is 10.8. The van der Waals surface area contributed by atoms with Crippen molar-refractivity contribution >= 4 is 33.4 Å². The Morgan fingerprint density at radius 3 is 1.38 bits per heavy atom. The molecule has 0 bridgehead atoms. The lowest BCUT2D eigenvalue weighted by molar-refractivity contribution is 0.0615. The van der Waals surface area contributed by atoms with Crippen LogP contribution in [-0.4, -0.2) is 16.8 Å². The molecule has 0 spiro atoms. The minimum Gasteiger partial charge on any atom is -0.267 e. The Morgan fingerprint density at radius 1 is 0.577 bits per heavy atom. The molecule has 0 aliphatic carbocycles. The van der Waals surface area contributed by atoms with E-state index in [0.717, 1.165) is 21.5 Å². The van der Waals surface area contributed by atoms with E-state index in [9.17, 15) is 9.59 Å². The molecule has 0 fully saturated rings. The number of rotatable bonds is 2. The van der Waals surface area contributed by atoms with Gasteiger partial charge in [0.1, 0.15) is 0 Å². The van der Waals surface area contributed by atoms with Crippen molar-refractivity contribution in [2.75, 3.05) is 0 Å². The van der Waals surface area contributed by atoms with E-state index in [-0.39, 0.29) is 0 Å². The zero-order chi connectivity index (χ0) is 18.1. The summed E-state index contributed by atoms with van der Waals surface area (Å²) in [7, 11) is 0. The van der Waals surface area contributed by atoms with Gasteiger partial charge in [0.05, 0.1) is 0 Å². The number of imide groups is 1. The van der Waals surface area contributed by atoms with Crippen LogP contribution in [0.3, 0.4) is 0 Å². The maximum atomic E-state index is 12.6. The third-order valence-corrected chi connectivity index (χ3v) is 4.43. The molecule has 0 saturated carbocycles. The van der Waals surface area contributed by atoms with Crippen LogP contribution in [0.5, 0.6) is 0 Å². The van der Waals surface area contributed by atoms with Crippen molar-refractivity contribution in [2.24, 2.45) is 5.84 Å². The monoisotopic (exact) mass is 340 g/mol. The van der Waals surface area contributed by atoms with Crippen molar-refractivity contribution in [3.8, 4) is 0 Å². The van der Waals surface area contributed by atoms with Gasteiger partial charge in [-0.3, -0.25) is 9.59 Å². The molecule has 4 aromatic carbocycles. The largest absolute Gasteiger partial charge is 0.275 e. The Balaban J connectivity index is 1.64. The highest BCUT2D eigenvalue weighted by molar-refractivity contribution is 6.11. The van der Waals surface area contributed by atoms with Crippen molar-refractivity contribution < 1.29 is 9.59 Å². The van der Waals surface area contributed by atoms with Crippen LogP contribution in [0.4, 0.5) is 0 Å². The van der Waals surface area contributed by atoms with Crippen LogP contribution < -0.4 is 5.84 Å². The zero-order valence-corrected chi connectivity index (χ0v) is 13.9. The molecule has 0 aliphatic rings. The molecule has 0 atom stereocenters. The number of hydrazine groups is 1. The summed E-state index contributed by atoms with van der Waals surface area (Å²) in [6, 6.07) is 25.9. The number of carbonyl (C=O) groups excluding carboxylic acids is 2. The molecule has 4 aromatic rings. The fraction of sp³-hybridized carbons (Fsp3) is 0. The molecule has 0 heterocycles. The van der Waals surface area contributed by atoms with Gasteiger partial charge >= 0.3 is 0 Å². The molecule has 4 heteroatoms. The molecule has 2 N–H and O–H groups in total. The number of hydrogen-bond acceptors (Lipinski definition) is 3. The first-order chi connectivity index (χ1) is 12.6. The number of carbonyl (C=O) groups is 2. The second-order valence-corrected chi connectivity index (χ2v) is 6.10. The fourth-order valence-electron chi connectivity index (χ4n) is 3.02. The Kier molecular flexibility index (Phi) is 3.95. The standard InChI is InChI=1S/C22H16N2O2/c23-24(21(25)19-11-9-15-5-1-3-7-17(15)13-19)22(26)20-12-10-16-6-2-4-8-18(16)14-20/h1-14H,23H2. The summed E-state index contributed by atoms with van der Waals surface area (Å²) in [5.74, 6) is 4.78. The number of amides is 2. The van der Waals surface area contributed by atoms with Crippen LogP contribution in [0.15, 0.2) is 84.9 Å². The van der Waals surface area contributed by atoms with Gasteiger partial charge < -0.3 is 0 Å². The van der Waals surface area contributed by atoms with E-state index < -0.39 is 11.8 Å². The number of fused-ring (bicyclic) bond motifs is 2. The zero-order valence-electron chi connectivity index (χ0n) is 13.9. The van der Waals surface area contributed by atoms with Crippen molar-refractivity contribution in [1.29, 1.82) is 0 Å². The van der Waals surface area contributed by atoms with Gasteiger partial charge in [-0.05, 0) is 45.8 Å². The molecule has 26 heavy (non-hydrogen) atoms. The first-order valence-electron chi connectivity index (χ1n) is 8.24. The van der Waals surface area contributed by atoms with Gasteiger partial charge in [0.15, 0.2) is 0 Å². The Bertz CT molecular complexity index is 1060. The van der Waals surface area contributed by atoms with Gasteiger partial charge in [0.25, 0.3) is 11.8 Å². The third kappa shape index (κ3) is 2.83. The maximum Gasteiger partial charge on any atom is 0.275 e. The number of benzene rings is 4. The number of hydrogen-bond donors (Lipinski definition) is 1.